The van der Waals surface area contributed by atoms with Gasteiger partial charge in [-0.05, 0) is 67.6 Å². The number of aromatic amines is 1. The van der Waals surface area contributed by atoms with Crippen LogP contribution in [0.25, 0.3) is 33.3 Å². The van der Waals surface area contributed by atoms with Crippen molar-refractivity contribution in [1.29, 1.82) is 0 Å². The van der Waals surface area contributed by atoms with Gasteiger partial charge in [-0.15, -0.1) is 0 Å². The van der Waals surface area contributed by atoms with Crippen LogP contribution in [0, 0.1) is 6.92 Å². The van der Waals surface area contributed by atoms with E-state index in [2.05, 4.69) is 50.5 Å². The van der Waals surface area contributed by atoms with Crippen molar-refractivity contribution in [2.24, 2.45) is 12.8 Å². The van der Waals surface area contributed by atoms with Crippen molar-refractivity contribution < 1.29 is 4.79 Å². The molecule has 6 aromatic rings. The van der Waals surface area contributed by atoms with Crippen LogP contribution in [0.3, 0.4) is 0 Å². The van der Waals surface area contributed by atoms with Crippen molar-refractivity contribution in [3.05, 3.63) is 84.2 Å². The van der Waals surface area contributed by atoms with Crippen LogP contribution >= 0.6 is 0 Å². The molecule has 0 spiro atoms. The Hall–Kier alpha value is -5.25. The van der Waals surface area contributed by atoms with E-state index < -0.39 is 5.91 Å². The third-order valence-corrected chi connectivity index (χ3v) is 6.68. The number of primary amides is 1. The molecule has 4 N–H and O–H groups in total. The van der Waals surface area contributed by atoms with Crippen LogP contribution in [0.5, 0.6) is 0 Å². The molecule has 188 valence electrons. The number of fused-ring (bicyclic) bond motifs is 2. The van der Waals surface area contributed by atoms with Gasteiger partial charge in [0.1, 0.15) is 17.2 Å². The second-order valence-corrected chi connectivity index (χ2v) is 9.06. The number of anilines is 4. The van der Waals surface area contributed by atoms with Crippen molar-refractivity contribution in [1.82, 2.24) is 29.7 Å². The Labute approximate surface area is 218 Å². The number of imidazole rings is 1. The number of aryl methyl sites for hydroxylation is 2. The number of amides is 1. The molecule has 3 aromatic heterocycles. The highest BCUT2D eigenvalue weighted by atomic mass is 16.1. The fourth-order valence-electron chi connectivity index (χ4n) is 4.46. The average Bonchev–Trinajstić information content (AvgIpc) is 3.49. The monoisotopic (exact) mass is 503 g/mol. The Morgan fingerprint density at radius 2 is 1.87 bits per heavy atom. The second kappa shape index (κ2) is 9.00. The number of aromatic nitrogens is 6. The molecule has 0 radical (unpaired) electrons. The summed E-state index contributed by atoms with van der Waals surface area (Å²) in [6, 6.07) is 21.1. The summed E-state index contributed by atoms with van der Waals surface area (Å²) in [6.45, 7) is 2.06. The lowest BCUT2D eigenvalue weighted by atomic mass is 10.2. The summed E-state index contributed by atoms with van der Waals surface area (Å²) in [5.74, 6) is 1.37. The molecule has 0 aliphatic carbocycles. The molecule has 0 atom stereocenters. The normalized spacial score (nSPS) is 11.2. The van der Waals surface area contributed by atoms with E-state index in [-0.39, 0.29) is 0 Å². The topological polar surface area (TPSA) is 131 Å². The molecular formula is C28H25N9O. The predicted octanol–water partition coefficient (Wildman–Crippen LogP) is 4.83. The first kappa shape index (κ1) is 23.2. The first-order valence-corrected chi connectivity index (χ1v) is 12.0. The van der Waals surface area contributed by atoms with Crippen LogP contribution in [-0.2, 0) is 7.05 Å². The molecule has 3 heterocycles. The Balaban J connectivity index is 1.22. The standard InChI is InChI=1S/C28H25N9O/c1-16-20-12-11-19(15-23(20)35-37(16)3)36(2)24-13-14-30-28(33-24)31-18-9-7-17(8-10-18)27-32-22-6-4-5-21(26(29)38)25(22)34-27/h4-15H,1-3H3,(H2,29,38)(H,32,34)(H,30,31,33). The number of nitrogens with zero attached hydrogens (tertiary/aromatic N) is 6. The van der Waals surface area contributed by atoms with E-state index in [4.69, 9.17) is 10.7 Å². The van der Waals surface area contributed by atoms with Crippen LogP contribution < -0.4 is 16.0 Å². The van der Waals surface area contributed by atoms with E-state index in [9.17, 15) is 4.79 Å². The molecule has 38 heavy (non-hydrogen) atoms. The zero-order valence-corrected chi connectivity index (χ0v) is 21.1. The Morgan fingerprint density at radius 1 is 1.05 bits per heavy atom. The number of hydrogen-bond donors (Lipinski definition) is 3. The van der Waals surface area contributed by atoms with Crippen molar-refractivity contribution >= 4 is 51.0 Å². The Kier molecular flexibility index (Phi) is 5.49. The molecule has 10 heteroatoms. The first-order chi connectivity index (χ1) is 18.4. The van der Waals surface area contributed by atoms with E-state index in [1.807, 2.05) is 60.1 Å². The van der Waals surface area contributed by atoms with Gasteiger partial charge in [-0.3, -0.25) is 9.48 Å². The fraction of sp³-hybridized carbons (Fsp3) is 0.107. The van der Waals surface area contributed by atoms with Gasteiger partial charge < -0.3 is 20.9 Å². The van der Waals surface area contributed by atoms with Gasteiger partial charge in [0, 0.05) is 48.3 Å². The minimum Gasteiger partial charge on any atom is -0.366 e. The van der Waals surface area contributed by atoms with Gasteiger partial charge in [0.25, 0.3) is 5.91 Å². The number of nitrogens with two attached hydrogens (primary N) is 1. The van der Waals surface area contributed by atoms with Gasteiger partial charge in [0.05, 0.1) is 16.6 Å². The van der Waals surface area contributed by atoms with Crippen LogP contribution in [0.15, 0.2) is 72.9 Å². The molecule has 10 nitrogen and oxygen atoms in total. The van der Waals surface area contributed by atoms with Gasteiger partial charge in [-0.1, -0.05) is 6.07 Å². The zero-order chi connectivity index (χ0) is 26.4. The van der Waals surface area contributed by atoms with Gasteiger partial charge in [-0.2, -0.15) is 10.1 Å². The van der Waals surface area contributed by atoms with Crippen molar-refractivity contribution in [2.75, 3.05) is 17.3 Å². The van der Waals surface area contributed by atoms with E-state index in [1.165, 1.54) is 0 Å². The first-order valence-electron chi connectivity index (χ1n) is 12.0. The summed E-state index contributed by atoms with van der Waals surface area (Å²) < 4.78 is 1.89. The summed E-state index contributed by atoms with van der Waals surface area (Å²) in [4.78, 5) is 30.7. The van der Waals surface area contributed by atoms with E-state index in [0.717, 1.165) is 44.9 Å². The Morgan fingerprint density at radius 3 is 2.66 bits per heavy atom. The molecule has 3 aromatic carbocycles. The number of hydrogen-bond acceptors (Lipinski definition) is 7. The molecule has 0 bridgehead atoms. The van der Waals surface area contributed by atoms with Crippen molar-refractivity contribution in [3.8, 4) is 11.4 Å². The number of rotatable bonds is 6. The number of nitrogens with one attached hydrogen (secondary N) is 2. The molecule has 6 rings (SSSR count). The van der Waals surface area contributed by atoms with Crippen LogP contribution in [0.1, 0.15) is 16.1 Å². The van der Waals surface area contributed by atoms with Crippen LogP contribution in [-0.4, -0.2) is 42.7 Å². The highest BCUT2D eigenvalue weighted by molar-refractivity contribution is 6.04. The minimum absolute atomic E-state index is 0.389. The van der Waals surface area contributed by atoms with Crippen LogP contribution in [0.4, 0.5) is 23.1 Å². The molecular weight excluding hydrogens is 478 g/mol. The maximum Gasteiger partial charge on any atom is 0.250 e. The third kappa shape index (κ3) is 4.07. The maximum absolute atomic E-state index is 11.7. The minimum atomic E-state index is -0.506. The second-order valence-electron chi connectivity index (χ2n) is 9.06. The lowest BCUT2D eigenvalue weighted by Gasteiger charge is -2.19. The Bertz CT molecular complexity index is 1820. The third-order valence-electron chi connectivity index (χ3n) is 6.68. The smallest absolute Gasteiger partial charge is 0.250 e. The SMILES string of the molecule is Cc1c2ccc(N(C)c3ccnc(Nc4ccc(-c5nc6c(C(N)=O)cccc6[nH]5)cc4)n3)cc2nn1C. The molecule has 0 saturated carbocycles. The molecule has 0 unspecified atom stereocenters. The quantitative estimate of drug-likeness (QED) is 0.297. The zero-order valence-electron chi connectivity index (χ0n) is 21.1. The van der Waals surface area contributed by atoms with Crippen LogP contribution in [0.2, 0.25) is 0 Å². The van der Waals surface area contributed by atoms with E-state index >= 15 is 0 Å². The van der Waals surface area contributed by atoms with E-state index in [1.54, 1.807) is 18.3 Å². The summed E-state index contributed by atoms with van der Waals surface area (Å²) >= 11 is 0. The highest BCUT2D eigenvalue weighted by Gasteiger charge is 2.13. The largest absolute Gasteiger partial charge is 0.366 e. The predicted molar refractivity (Wildman–Crippen MR) is 149 cm³/mol. The number of benzene rings is 3. The maximum atomic E-state index is 11.7. The lowest BCUT2D eigenvalue weighted by Crippen LogP contribution is -2.12. The molecule has 0 aliphatic heterocycles. The fourth-order valence-corrected chi connectivity index (χ4v) is 4.46. The number of carbonyl (C=O) groups excluding carboxylic acids is 1. The van der Waals surface area contributed by atoms with Crippen molar-refractivity contribution in [3.63, 3.8) is 0 Å². The summed E-state index contributed by atoms with van der Waals surface area (Å²) in [6.07, 6.45) is 1.73. The van der Waals surface area contributed by atoms with Crippen molar-refractivity contribution in [2.45, 2.75) is 6.92 Å². The van der Waals surface area contributed by atoms with Gasteiger partial charge in [-0.25, -0.2) is 9.97 Å². The molecule has 1 amide bonds. The van der Waals surface area contributed by atoms with Gasteiger partial charge >= 0.3 is 0 Å². The molecule has 0 aliphatic rings. The van der Waals surface area contributed by atoms with E-state index in [0.29, 0.717) is 22.9 Å². The number of para-hydroxylation sites is 1. The number of carbonyl (C=O) groups is 1. The van der Waals surface area contributed by atoms with Gasteiger partial charge in [0.2, 0.25) is 5.95 Å². The summed E-state index contributed by atoms with van der Waals surface area (Å²) in [5, 5.41) is 8.99. The average molecular weight is 504 g/mol. The molecule has 0 fully saturated rings. The highest BCUT2D eigenvalue weighted by Crippen LogP contribution is 2.28. The molecule has 0 saturated heterocycles. The number of H-pyrrole nitrogens is 1. The summed E-state index contributed by atoms with van der Waals surface area (Å²) in [5.41, 5.74) is 11.9. The van der Waals surface area contributed by atoms with Gasteiger partial charge in [0.15, 0.2) is 0 Å². The summed E-state index contributed by atoms with van der Waals surface area (Å²) in [7, 11) is 3.92. The lowest BCUT2D eigenvalue weighted by molar-refractivity contribution is 0.100.